The lowest BCUT2D eigenvalue weighted by atomic mass is 10.4. The summed E-state index contributed by atoms with van der Waals surface area (Å²) in [5.74, 6) is -0.0452. The van der Waals surface area contributed by atoms with Gasteiger partial charge in [0, 0.05) is 13.0 Å². The van der Waals surface area contributed by atoms with Crippen LogP contribution in [0.1, 0.15) is 6.92 Å². The van der Waals surface area contributed by atoms with E-state index >= 15 is 0 Å². The number of halogens is 1. The molecule has 1 N–H and O–H groups in total. The Hall–Kier alpha value is -0.650. The number of rotatable bonds is 1. The number of aromatic nitrogens is 1. The molecule has 4 heteroatoms. The van der Waals surface area contributed by atoms with Gasteiger partial charge in [-0.3, -0.25) is 4.79 Å². The van der Waals surface area contributed by atoms with E-state index in [1.54, 1.807) is 0 Å². The van der Waals surface area contributed by atoms with Gasteiger partial charge < -0.3 is 29.3 Å². The molecule has 1 amide bonds. The molecule has 0 unspecified atom stereocenters. The number of hydrogen-bond acceptors (Lipinski definition) is 1. The molecule has 1 heterocycles. The number of carbonyl (C=O) groups excluding carboxylic acids is 1. The summed E-state index contributed by atoms with van der Waals surface area (Å²) >= 11 is 0. The minimum Gasteiger partial charge on any atom is -1.00 e. The van der Waals surface area contributed by atoms with Gasteiger partial charge in [-0.25, -0.2) is 4.57 Å². The molecule has 3 nitrogen and oxygen atoms in total. The van der Waals surface area contributed by atoms with Crippen LogP contribution < -0.4 is 33.9 Å². The number of carbonyl (C=O) groups is 1. The Kier molecular flexibility index (Phi) is 4.80. The lowest BCUT2D eigenvalue weighted by molar-refractivity contribution is -0.670. The molecular formula is C8H11IN2O. The Morgan fingerprint density at radius 2 is 2.25 bits per heavy atom. The van der Waals surface area contributed by atoms with Crippen LogP contribution in [-0.2, 0) is 11.8 Å². The van der Waals surface area contributed by atoms with Crippen molar-refractivity contribution < 1.29 is 33.3 Å². The highest BCUT2D eigenvalue weighted by Crippen LogP contribution is 1.99. The first kappa shape index (κ1) is 11.4. The first-order valence-electron chi connectivity index (χ1n) is 3.41. The lowest BCUT2D eigenvalue weighted by Gasteiger charge is -1.97. The molecule has 0 atom stereocenters. The van der Waals surface area contributed by atoms with Crippen LogP contribution >= 0.6 is 0 Å². The van der Waals surface area contributed by atoms with Crippen molar-refractivity contribution in [2.24, 2.45) is 7.05 Å². The molecule has 0 aromatic carbocycles. The molecule has 1 aromatic heterocycles. The summed E-state index contributed by atoms with van der Waals surface area (Å²) < 4.78 is 1.88. The number of hydrogen-bond donors (Lipinski definition) is 1. The van der Waals surface area contributed by atoms with Crippen molar-refractivity contribution in [3.05, 3.63) is 24.5 Å². The largest absolute Gasteiger partial charge is 1.00 e. The molecule has 0 fully saturated rings. The second-order valence-corrected chi connectivity index (χ2v) is 2.44. The summed E-state index contributed by atoms with van der Waals surface area (Å²) in [5.41, 5.74) is 0.822. The van der Waals surface area contributed by atoms with Gasteiger partial charge >= 0.3 is 0 Å². The highest BCUT2D eigenvalue weighted by Gasteiger charge is 1.97. The second-order valence-electron chi connectivity index (χ2n) is 2.44. The van der Waals surface area contributed by atoms with Gasteiger partial charge in [0.15, 0.2) is 12.4 Å². The van der Waals surface area contributed by atoms with Gasteiger partial charge in [0.25, 0.3) is 0 Å². The van der Waals surface area contributed by atoms with Gasteiger partial charge in [-0.15, -0.1) is 0 Å². The molecule has 0 saturated heterocycles. The Bertz CT molecular complexity index is 276. The standard InChI is InChI=1S/C8H10N2O.HI/c1-7(11)9-8-4-3-5-10(2)6-8;/h3-6H,1-2H3;1H. The molecule has 0 aliphatic heterocycles. The fourth-order valence-corrected chi connectivity index (χ4v) is 0.865. The van der Waals surface area contributed by atoms with Gasteiger partial charge in [0.1, 0.15) is 12.7 Å². The normalized spacial score (nSPS) is 8.50. The molecule has 66 valence electrons. The van der Waals surface area contributed by atoms with E-state index in [2.05, 4.69) is 5.32 Å². The highest BCUT2D eigenvalue weighted by molar-refractivity contribution is 5.88. The van der Waals surface area contributed by atoms with Crippen LogP contribution in [0, 0.1) is 0 Å². The first-order chi connectivity index (χ1) is 5.18. The van der Waals surface area contributed by atoms with Crippen molar-refractivity contribution in [1.29, 1.82) is 0 Å². The topological polar surface area (TPSA) is 33.0 Å². The maximum absolute atomic E-state index is 10.6. The minimum atomic E-state index is -0.0452. The second kappa shape index (κ2) is 5.08. The van der Waals surface area contributed by atoms with E-state index in [9.17, 15) is 4.79 Å². The average Bonchev–Trinajstić information content (AvgIpc) is 1.85. The lowest BCUT2D eigenvalue weighted by Crippen LogP contribution is -3.00. The third-order valence-corrected chi connectivity index (χ3v) is 1.26. The number of nitrogens with one attached hydrogen (secondary N) is 1. The molecule has 0 radical (unpaired) electrons. The molecule has 0 aliphatic carbocycles. The molecule has 0 saturated carbocycles. The molecule has 12 heavy (non-hydrogen) atoms. The predicted molar refractivity (Wildman–Crippen MR) is 41.9 cm³/mol. The fourth-order valence-electron chi connectivity index (χ4n) is 0.865. The van der Waals surface area contributed by atoms with Crippen LogP contribution in [0.15, 0.2) is 24.5 Å². The summed E-state index contributed by atoms with van der Waals surface area (Å²) in [5, 5.41) is 2.69. The number of nitrogens with zero attached hydrogens (tertiary/aromatic N) is 1. The Morgan fingerprint density at radius 3 is 2.75 bits per heavy atom. The van der Waals surface area contributed by atoms with Crippen LogP contribution in [0.25, 0.3) is 0 Å². The number of amides is 1. The molecule has 0 bridgehead atoms. The van der Waals surface area contributed by atoms with Crippen LogP contribution in [0.2, 0.25) is 0 Å². The molecule has 1 aromatic rings. The highest BCUT2D eigenvalue weighted by atomic mass is 127. The Morgan fingerprint density at radius 1 is 1.58 bits per heavy atom. The molecule has 0 spiro atoms. The van der Waals surface area contributed by atoms with E-state index in [1.807, 2.05) is 36.1 Å². The van der Waals surface area contributed by atoms with Crippen molar-refractivity contribution >= 4 is 11.6 Å². The van der Waals surface area contributed by atoms with Gasteiger partial charge in [0.2, 0.25) is 5.91 Å². The van der Waals surface area contributed by atoms with Crippen molar-refractivity contribution in [2.45, 2.75) is 6.92 Å². The van der Waals surface area contributed by atoms with E-state index in [0.717, 1.165) is 5.69 Å². The third-order valence-electron chi connectivity index (χ3n) is 1.26. The summed E-state index contributed by atoms with van der Waals surface area (Å²) in [6, 6.07) is 3.73. The molecule has 0 aliphatic rings. The fraction of sp³-hybridized carbons (Fsp3) is 0.250. The van der Waals surface area contributed by atoms with Gasteiger partial charge in [0.05, 0.1) is 0 Å². The van der Waals surface area contributed by atoms with Crippen LogP contribution in [0.4, 0.5) is 5.69 Å². The van der Waals surface area contributed by atoms with Crippen LogP contribution in [0.3, 0.4) is 0 Å². The average molecular weight is 278 g/mol. The zero-order valence-corrected chi connectivity index (χ0v) is 9.20. The number of pyridine rings is 1. The smallest absolute Gasteiger partial charge is 0.221 e. The third kappa shape index (κ3) is 3.66. The summed E-state index contributed by atoms with van der Waals surface area (Å²) in [4.78, 5) is 10.6. The first-order valence-corrected chi connectivity index (χ1v) is 3.41. The monoisotopic (exact) mass is 278 g/mol. The SMILES string of the molecule is CC(=O)Nc1ccc[n+](C)c1.[I-]. The number of anilines is 1. The van der Waals surface area contributed by atoms with Crippen LogP contribution in [0.5, 0.6) is 0 Å². The van der Waals surface area contributed by atoms with E-state index in [-0.39, 0.29) is 29.9 Å². The predicted octanol–water partition coefficient (Wildman–Crippen LogP) is -2.53. The zero-order chi connectivity index (χ0) is 8.27. The van der Waals surface area contributed by atoms with Crippen molar-refractivity contribution in [1.82, 2.24) is 0 Å². The quantitative estimate of drug-likeness (QED) is 0.446. The molecular weight excluding hydrogens is 267 g/mol. The Balaban J connectivity index is 0.00000121. The summed E-state index contributed by atoms with van der Waals surface area (Å²) in [6.45, 7) is 1.49. The van der Waals surface area contributed by atoms with E-state index in [1.165, 1.54) is 6.92 Å². The summed E-state index contributed by atoms with van der Waals surface area (Å²) in [7, 11) is 1.91. The summed E-state index contributed by atoms with van der Waals surface area (Å²) in [6.07, 6.45) is 3.76. The van der Waals surface area contributed by atoms with Crippen molar-refractivity contribution in [3.8, 4) is 0 Å². The molecule has 1 rings (SSSR count). The van der Waals surface area contributed by atoms with E-state index in [4.69, 9.17) is 0 Å². The van der Waals surface area contributed by atoms with Crippen molar-refractivity contribution in [3.63, 3.8) is 0 Å². The maximum Gasteiger partial charge on any atom is 0.221 e. The zero-order valence-electron chi connectivity index (χ0n) is 7.04. The van der Waals surface area contributed by atoms with Gasteiger partial charge in [-0.1, -0.05) is 0 Å². The van der Waals surface area contributed by atoms with Crippen LogP contribution in [-0.4, -0.2) is 5.91 Å². The Labute approximate surface area is 88.8 Å². The van der Waals surface area contributed by atoms with E-state index < -0.39 is 0 Å². The van der Waals surface area contributed by atoms with E-state index in [0.29, 0.717) is 0 Å². The number of aryl methyl sites for hydroxylation is 1. The maximum atomic E-state index is 10.6. The van der Waals surface area contributed by atoms with Gasteiger partial charge in [-0.05, 0) is 6.07 Å². The van der Waals surface area contributed by atoms with Gasteiger partial charge in [-0.2, -0.15) is 0 Å². The van der Waals surface area contributed by atoms with Crippen molar-refractivity contribution in [2.75, 3.05) is 5.32 Å². The minimum absolute atomic E-state index is 0.